The molecule has 0 unspecified atom stereocenters. The van der Waals surface area contributed by atoms with Crippen molar-refractivity contribution >= 4 is 21.6 Å². The molecule has 3 rings (SSSR count). The first-order chi connectivity index (χ1) is 14.3. The lowest BCUT2D eigenvalue weighted by atomic mass is 10.1. The zero-order valence-corrected chi connectivity index (χ0v) is 17.0. The van der Waals surface area contributed by atoms with Gasteiger partial charge in [0.1, 0.15) is 11.6 Å². The molecule has 30 heavy (non-hydrogen) atoms. The summed E-state index contributed by atoms with van der Waals surface area (Å²) in [5, 5.41) is 2.58. The van der Waals surface area contributed by atoms with E-state index in [1.165, 1.54) is 48.5 Å². The Balaban J connectivity index is 1.56. The molecule has 0 saturated carbocycles. The van der Waals surface area contributed by atoms with Gasteiger partial charge in [0.2, 0.25) is 10.0 Å². The fraction of sp³-hybridized carbons (Fsp3) is 0.136. The number of hydrogen-bond acceptors (Lipinski definition) is 4. The van der Waals surface area contributed by atoms with Crippen LogP contribution in [0, 0.1) is 5.82 Å². The van der Waals surface area contributed by atoms with Gasteiger partial charge in [-0.3, -0.25) is 4.79 Å². The van der Waals surface area contributed by atoms with Crippen LogP contribution in [0.5, 0.6) is 5.75 Å². The second-order valence-corrected chi connectivity index (χ2v) is 8.28. The van der Waals surface area contributed by atoms with E-state index in [0.29, 0.717) is 11.4 Å². The zero-order chi connectivity index (χ0) is 21.6. The summed E-state index contributed by atoms with van der Waals surface area (Å²) in [7, 11) is -3.72. The molecule has 0 spiro atoms. The summed E-state index contributed by atoms with van der Waals surface area (Å²) in [5.74, 6) is -0.470. The molecule has 1 atom stereocenters. The fourth-order valence-electron chi connectivity index (χ4n) is 2.70. The number of nitrogens with one attached hydrogen (secondary N) is 2. The van der Waals surface area contributed by atoms with E-state index < -0.39 is 21.7 Å². The third-order valence-electron chi connectivity index (χ3n) is 4.26. The Morgan fingerprint density at radius 1 is 0.967 bits per heavy atom. The van der Waals surface area contributed by atoms with E-state index in [4.69, 9.17) is 4.74 Å². The maximum atomic E-state index is 12.9. The topological polar surface area (TPSA) is 84.5 Å². The molecule has 8 heteroatoms. The van der Waals surface area contributed by atoms with Gasteiger partial charge < -0.3 is 10.1 Å². The molecule has 6 nitrogen and oxygen atoms in total. The van der Waals surface area contributed by atoms with Gasteiger partial charge in [0.05, 0.1) is 4.90 Å². The van der Waals surface area contributed by atoms with Gasteiger partial charge in [-0.25, -0.2) is 17.5 Å². The number of halogens is 1. The molecule has 3 aromatic carbocycles. The summed E-state index contributed by atoms with van der Waals surface area (Å²) in [6.07, 6.45) is 0. The van der Waals surface area contributed by atoms with Crippen molar-refractivity contribution in [1.29, 1.82) is 0 Å². The number of anilines is 1. The largest absolute Gasteiger partial charge is 0.484 e. The van der Waals surface area contributed by atoms with Gasteiger partial charge in [0, 0.05) is 11.7 Å². The second-order valence-electron chi connectivity index (χ2n) is 6.57. The van der Waals surface area contributed by atoms with Crippen molar-refractivity contribution in [3.05, 3.63) is 90.2 Å². The molecule has 0 radical (unpaired) electrons. The van der Waals surface area contributed by atoms with Gasteiger partial charge in [-0.15, -0.1) is 0 Å². The number of rotatable bonds is 8. The fourth-order valence-corrected chi connectivity index (χ4v) is 3.94. The normalized spacial score (nSPS) is 12.2. The summed E-state index contributed by atoms with van der Waals surface area (Å²) in [5.41, 5.74) is 1.30. The molecular weight excluding hydrogens is 407 g/mol. The number of amides is 1. The molecule has 0 bridgehead atoms. The van der Waals surface area contributed by atoms with Gasteiger partial charge in [-0.1, -0.05) is 30.3 Å². The molecule has 0 aromatic heterocycles. The van der Waals surface area contributed by atoms with Gasteiger partial charge in [-0.05, 0) is 61.0 Å². The van der Waals surface area contributed by atoms with E-state index in [-0.39, 0.29) is 17.5 Å². The minimum absolute atomic E-state index is 0.0911. The van der Waals surface area contributed by atoms with Crippen molar-refractivity contribution in [2.75, 3.05) is 11.9 Å². The van der Waals surface area contributed by atoms with Crippen molar-refractivity contribution in [1.82, 2.24) is 4.72 Å². The lowest BCUT2D eigenvalue weighted by molar-refractivity contribution is -0.118. The minimum atomic E-state index is -3.72. The van der Waals surface area contributed by atoms with Gasteiger partial charge in [-0.2, -0.15) is 0 Å². The highest BCUT2D eigenvalue weighted by Gasteiger charge is 2.18. The van der Waals surface area contributed by atoms with Crippen molar-refractivity contribution in [3.8, 4) is 5.75 Å². The second kappa shape index (κ2) is 9.51. The van der Waals surface area contributed by atoms with Gasteiger partial charge in [0.25, 0.3) is 5.91 Å². The SMILES string of the molecule is C[C@H](NS(=O)(=O)c1ccc(OCC(=O)Nc2ccc(F)cc2)cc1)c1ccccc1. The average Bonchev–Trinajstić information content (AvgIpc) is 2.74. The predicted octanol–water partition coefficient (Wildman–Crippen LogP) is 3.88. The summed E-state index contributed by atoms with van der Waals surface area (Å²) in [6, 6.07) is 20.0. The maximum absolute atomic E-state index is 12.9. The van der Waals surface area contributed by atoms with Crippen LogP contribution in [-0.2, 0) is 14.8 Å². The first-order valence-corrected chi connectivity index (χ1v) is 10.7. The van der Waals surface area contributed by atoms with Crippen LogP contribution in [0.4, 0.5) is 10.1 Å². The van der Waals surface area contributed by atoms with Crippen molar-refractivity contribution in [2.24, 2.45) is 0 Å². The number of carbonyl (C=O) groups excluding carboxylic acids is 1. The molecule has 0 fully saturated rings. The number of sulfonamides is 1. The van der Waals surface area contributed by atoms with Gasteiger partial charge in [0.15, 0.2) is 6.61 Å². The Kier molecular flexibility index (Phi) is 6.81. The van der Waals surface area contributed by atoms with Crippen LogP contribution in [0.25, 0.3) is 0 Å². The lowest BCUT2D eigenvalue weighted by Gasteiger charge is -2.15. The van der Waals surface area contributed by atoms with E-state index in [1.54, 1.807) is 6.92 Å². The van der Waals surface area contributed by atoms with E-state index in [1.807, 2.05) is 30.3 Å². The molecule has 2 N–H and O–H groups in total. The Hall–Kier alpha value is -3.23. The van der Waals surface area contributed by atoms with Crippen LogP contribution in [0.2, 0.25) is 0 Å². The molecular formula is C22H21FN2O4S. The highest BCUT2D eigenvalue weighted by Crippen LogP contribution is 2.19. The Bertz CT molecular complexity index is 1090. The summed E-state index contributed by atoms with van der Waals surface area (Å²) in [4.78, 5) is 12.0. The van der Waals surface area contributed by atoms with Crippen LogP contribution >= 0.6 is 0 Å². The smallest absolute Gasteiger partial charge is 0.262 e. The molecule has 156 valence electrons. The Labute approximate surface area is 174 Å². The van der Waals surface area contributed by atoms with Crippen LogP contribution in [0.3, 0.4) is 0 Å². The number of carbonyl (C=O) groups is 1. The van der Waals surface area contributed by atoms with E-state index in [2.05, 4.69) is 10.0 Å². The Morgan fingerprint density at radius 3 is 2.23 bits per heavy atom. The molecule has 0 aliphatic carbocycles. The van der Waals surface area contributed by atoms with Gasteiger partial charge >= 0.3 is 0 Å². The molecule has 3 aromatic rings. The highest BCUT2D eigenvalue weighted by atomic mass is 32.2. The minimum Gasteiger partial charge on any atom is -0.484 e. The quantitative estimate of drug-likeness (QED) is 0.570. The van der Waals surface area contributed by atoms with E-state index in [9.17, 15) is 17.6 Å². The first kappa shape index (κ1) is 21.5. The first-order valence-electron chi connectivity index (χ1n) is 9.19. The molecule has 1 amide bonds. The van der Waals surface area contributed by atoms with E-state index >= 15 is 0 Å². The maximum Gasteiger partial charge on any atom is 0.262 e. The van der Waals surface area contributed by atoms with Crippen molar-refractivity contribution < 1.29 is 22.3 Å². The number of hydrogen-bond donors (Lipinski definition) is 2. The Morgan fingerprint density at radius 2 is 1.60 bits per heavy atom. The highest BCUT2D eigenvalue weighted by molar-refractivity contribution is 7.89. The third-order valence-corrected chi connectivity index (χ3v) is 5.82. The molecule has 0 aliphatic heterocycles. The van der Waals surface area contributed by atoms with Crippen LogP contribution in [-0.4, -0.2) is 20.9 Å². The van der Waals surface area contributed by atoms with Crippen LogP contribution in [0.1, 0.15) is 18.5 Å². The zero-order valence-electron chi connectivity index (χ0n) is 16.2. The number of ether oxygens (including phenoxy) is 1. The lowest BCUT2D eigenvalue weighted by Crippen LogP contribution is -2.26. The predicted molar refractivity (Wildman–Crippen MR) is 112 cm³/mol. The summed E-state index contributed by atoms with van der Waals surface area (Å²) in [6.45, 7) is 1.50. The third kappa shape index (κ3) is 5.88. The monoisotopic (exact) mass is 428 g/mol. The van der Waals surface area contributed by atoms with Crippen molar-refractivity contribution in [3.63, 3.8) is 0 Å². The molecule has 0 saturated heterocycles. The summed E-state index contributed by atoms with van der Waals surface area (Å²) >= 11 is 0. The van der Waals surface area contributed by atoms with E-state index in [0.717, 1.165) is 5.56 Å². The average molecular weight is 428 g/mol. The molecule has 0 heterocycles. The van der Waals surface area contributed by atoms with Crippen molar-refractivity contribution in [2.45, 2.75) is 17.9 Å². The molecule has 0 aliphatic rings. The standard InChI is InChI=1S/C22H21FN2O4S/c1-16(17-5-3-2-4-6-17)25-30(27,28)21-13-11-20(12-14-21)29-15-22(26)24-19-9-7-18(23)8-10-19/h2-14,16,25H,15H2,1H3,(H,24,26)/t16-/m0/s1. The van der Waals surface area contributed by atoms with Crippen LogP contribution < -0.4 is 14.8 Å². The van der Waals surface area contributed by atoms with Crippen LogP contribution in [0.15, 0.2) is 83.8 Å². The summed E-state index contributed by atoms with van der Waals surface area (Å²) < 4.78 is 46.0. The number of benzene rings is 3.